The van der Waals surface area contributed by atoms with Gasteiger partial charge in [-0.1, -0.05) is 12.1 Å². The van der Waals surface area contributed by atoms with Crippen molar-refractivity contribution in [2.45, 2.75) is 24.8 Å². The summed E-state index contributed by atoms with van der Waals surface area (Å²) >= 11 is 0. The van der Waals surface area contributed by atoms with Gasteiger partial charge in [-0.2, -0.15) is 0 Å². The summed E-state index contributed by atoms with van der Waals surface area (Å²) < 4.78 is 13.1. The van der Waals surface area contributed by atoms with Crippen LogP contribution >= 0.6 is 0 Å². The van der Waals surface area contributed by atoms with E-state index >= 15 is 0 Å². The van der Waals surface area contributed by atoms with Crippen LogP contribution in [0.4, 0.5) is 4.39 Å². The molecule has 1 aliphatic heterocycles. The average molecular weight is 209 g/mol. The lowest BCUT2D eigenvalue weighted by Gasteiger charge is -2.31. The first-order valence-corrected chi connectivity index (χ1v) is 5.41. The number of piperidine rings is 1. The highest BCUT2D eigenvalue weighted by Crippen LogP contribution is 2.28. The Morgan fingerprint density at radius 1 is 1.47 bits per heavy atom. The Balaban J connectivity index is 2.20. The van der Waals surface area contributed by atoms with Gasteiger partial charge in [-0.25, -0.2) is 4.39 Å². The predicted octanol–water partition coefficient (Wildman–Crippen LogP) is 1.65. The zero-order chi connectivity index (χ0) is 10.7. The summed E-state index contributed by atoms with van der Waals surface area (Å²) in [6.45, 7) is 1.05. The Morgan fingerprint density at radius 3 is 3.07 bits per heavy atom. The molecule has 0 radical (unpaired) electrons. The first-order valence-electron chi connectivity index (χ1n) is 5.41. The van der Waals surface area contributed by atoms with Gasteiger partial charge in [-0.3, -0.25) is 0 Å². The van der Waals surface area contributed by atoms with Crippen LogP contribution in [0.15, 0.2) is 24.3 Å². The SMILES string of the molecule is OCC1NCCCC1c1cccc(F)c1. The highest BCUT2D eigenvalue weighted by molar-refractivity contribution is 5.23. The minimum Gasteiger partial charge on any atom is -0.395 e. The van der Waals surface area contributed by atoms with Crippen LogP contribution in [0.5, 0.6) is 0 Å². The van der Waals surface area contributed by atoms with E-state index in [4.69, 9.17) is 0 Å². The summed E-state index contributed by atoms with van der Waals surface area (Å²) in [6.07, 6.45) is 2.10. The third-order valence-corrected chi connectivity index (χ3v) is 3.06. The summed E-state index contributed by atoms with van der Waals surface area (Å²) in [7, 11) is 0. The molecule has 1 fully saturated rings. The fourth-order valence-corrected chi connectivity index (χ4v) is 2.28. The first kappa shape index (κ1) is 10.6. The molecule has 1 aliphatic rings. The second kappa shape index (κ2) is 4.73. The van der Waals surface area contributed by atoms with E-state index in [1.807, 2.05) is 6.07 Å². The minimum atomic E-state index is -0.199. The Morgan fingerprint density at radius 2 is 2.33 bits per heavy atom. The number of aliphatic hydroxyl groups is 1. The van der Waals surface area contributed by atoms with Crippen molar-refractivity contribution >= 4 is 0 Å². The summed E-state index contributed by atoms with van der Waals surface area (Å²) in [5.41, 5.74) is 0.987. The predicted molar refractivity (Wildman–Crippen MR) is 57.3 cm³/mol. The van der Waals surface area contributed by atoms with Gasteiger partial charge in [0, 0.05) is 12.0 Å². The van der Waals surface area contributed by atoms with Crippen LogP contribution in [0.1, 0.15) is 24.3 Å². The number of hydrogen-bond donors (Lipinski definition) is 2. The molecule has 1 saturated heterocycles. The van der Waals surface area contributed by atoms with Gasteiger partial charge in [-0.05, 0) is 37.1 Å². The smallest absolute Gasteiger partial charge is 0.123 e. The topological polar surface area (TPSA) is 32.3 Å². The van der Waals surface area contributed by atoms with Crippen LogP contribution in [-0.4, -0.2) is 24.3 Å². The summed E-state index contributed by atoms with van der Waals surface area (Å²) in [6, 6.07) is 6.76. The molecule has 2 atom stereocenters. The van der Waals surface area contributed by atoms with Gasteiger partial charge in [0.05, 0.1) is 6.61 Å². The van der Waals surface area contributed by atoms with Crippen molar-refractivity contribution in [2.75, 3.05) is 13.2 Å². The Kier molecular flexibility index (Phi) is 3.34. The number of benzene rings is 1. The van der Waals surface area contributed by atoms with E-state index in [9.17, 15) is 9.50 Å². The van der Waals surface area contributed by atoms with E-state index in [0.29, 0.717) is 0 Å². The lowest BCUT2D eigenvalue weighted by molar-refractivity contribution is 0.201. The van der Waals surface area contributed by atoms with Crippen molar-refractivity contribution in [1.82, 2.24) is 5.32 Å². The van der Waals surface area contributed by atoms with Gasteiger partial charge < -0.3 is 10.4 Å². The number of rotatable bonds is 2. The second-order valence-corrected chi connectivity index (χ2v) is 4.05. The van der Waals surface area contributed by atoms with Crippen LogP contribution < -0.4 is 5.32 Å². The molecule has 0 spiro atoms. The molecule has 1 aromatic carbocycles. The zero-order valence-electron chi connectivity index (χ0n) is 8.62. The van der Waals surface area contributed by atoms with Crippen LogP contribution in [0.2, 0.25) is 0 Å². The van der Waals surface area contributed by atoms with Crippen LogP contribution in [-0.2, 0) is 0 Å². The maximum Gasteiger partial charge on any atom is 0.123 e. The van der Waals surface area contributed by atoms with Crippen LogP contribution in [0.25, 0.3) is 0 Å². The largest absolute Gasteiger partial charge is 0.395 e. The third kappa shape index (κ3) is 2.36. The molecular formula is C12H16FNO. The number of aliphatic hydroxyl groups excluding tert-OH is 1. The van der Waals surface area contributed by atoms with Gasteiger partial charge in [0.1, 0.15) is 5.82 Å². The maximum atomic E-state index is 13.1. The van der Waals surface area contributed by atoms with Crippen molar-refractivity contribution in [3.8, 4) is 0 Å². The lowest BCUT2D eigenvalue weighted by Crippen LogP contribution is -2.42. The summed E-state index contributed by atoms with van der Waals surface area (Å²) in [5.74, 6) is 0.0363. The number of hydrogen-bond acceptors (Lipinski definition) is 2. The summed E-state index contributed by atoms with van der Waals surface area (Å²) in [4.78, 5) is 0. The van der Waals surface area contributed by atoms with E-state index in [-0.39, 0.29) is 24.4 Å². The van der Waals surface area contributed by atoms with Crippen molar-refractivity contribution in [3.63, 3.8) is 0 Å². The van der Waals surface area contributed by atoms with Crippen LogP contribution in [0, 0.1) is 5.82 Å². The molecule has 0 aliphatic carbocycles. The molecule has 2 nitrogen and oxygen atoms in total. The molecule has 82 valence electrons. The Bertz CT molecular complexity index is 329. The van der Waals surface area contributed by atoms with Gasteiger partial charge in [-0.15, -0.1) is 0 Å². The Hall–Kier alpha value is -0.930. The fourth-order valence-electron chi connectivity index (χ4n) is 2.28. The normalized spacial score (nSPS) is 26.5. The molecule has 1 heterocycles. The van der Waals surface area contributed by atoms with Crippen molar-refractivity contribution < 1.29 is 9.50 Å². The molecule has 3 heteroatoms. The second-order valence-electron chi connectivity index (χ2n) is 4.05. The quantitative estimate of drug-likeness (QED) is 0.776. The van der Waals surface area contributed by atoms with E-state index in [1.54, 1.807) is 12.1 Å². The zero-order valence-corrected chi connectivity index (χ0v) is 8.62. The van der Waals surface area contributed by atoms with E-state index in [1.165, 1.54) is 6.07 Å². The van der Waals surface area contributed by atoms with E-state index < -0.39 is 0 Å². The standard InChI is InChI=1S/C12H16FNO/c13-10-4-1-3-9(7-10)11-5-2-6-14-12(11)8-15/h1,3-4,7,11-12,14-15H,2,5-6,8H2. The fraction of sp³-hybridized carbons (Fsp3) is 0.500. The van der Waals surface area contributed by atoms with Gasteiger partial charge in [0.2, 0.25) is 0 Å². The molecule has 2 unspecified atom stereocenters. The van der Waals surface area contributed by atoms with E-state index in [2.05, 4.69) is 5.32 Å². The van der Waals surface area contributed by atoms with Gasteiger partial charge >= 0.3 is 0 Å². The molecule has 2 N–H and O–H groups in total. The first-order chi connectivity index (χ1) is 7.31. The lowest BCUT2D eigenvalue weighted by atomic mass is 9.85. The molecule has 2 rings (SSSR count). The summed E-state index contributed by atoms with van der Waals surface area (Å²) in [5, 5.41) is 12.5. The average Bonchev–Trinajstić information content (AvgIpc) is 2.29. The minimum absolute atomic E-state index is 0.0700. The monoisotopic (exact) mass is 209 g/mol. The molecular weight excluding hydrogens is 193 g/mol. The molecule has 0 saturated carbocycles. The maximum absolute atomic E-state index is 13.1. The highest BCUT2D eigenvalue weighted by atomic mass is 19.1. The van der Waals surface area contributed by atoms with Crippen molar-refractivity contribution in [1.29, 1.82) is 0 Å². The number of halogens is 1. The van der Waals surface area contributed by atoms with Gasteiger partial charge in [0.15, 0.2) is 0 Å². The van der Waals surface area contributed by atoms with Crippen molar-refractivity contribution in [2.24, 2.45) is 0 Å². The molecule has 0 bridgehead atoms. The molecule has 0 amide bonds. The molecule has 15 heavy (non-hydrogen) atoms. The van der Waals surface area contributed by atoms with Crippen molar-refractivity contribution in [3.05, 3.63) is 35.6 Å². The molecule has 0 aromatic heterocycles. The van der Waals surface area contributed by atoms with Gasteiger partial charge in [0.25, 0.3) is 0 Å². The molecule has 1 aromatic rings. The number of nitrogens with one attached hydrogen (secondary N) is 1. The van der Waals surface area contributed by atoms with Crippen LogP contribution in [0.3, 0.4) is 0 Å². The highest BCUT2D eigenvalue weighted by Gasteiger charge is 2.25. The third-order valence-electron chi connectivity index (χ3n) is 3.06. The van der Waals surface area contributed by atoms with E-state index in [0.717, 1.165) is 24.9 Å². The Labute approximate surface area is 89.1 Å².